The van der Waals surface area contributed by atoms with Crippen molar-refractivity contribution in [1.29, 1.82) is 5.41 Å². The Morgan fingerprint density at radius 1 is 1.22 bits per heavy atom. The highest BCUT2D eigenvalue weighted by Crippen LogP contribution is 2.39. The second-order valence-electron chi connectivity index (χ2n) is 3.41. The quantitative estimate of drug-likeness (QED) is 0.454. The molecule has 0 unspecified atom stereocenters. The molecule has 0 saturated carbocycles. The normalized spacial score (nSPS) is 10.8. The summed E-state index contributed by atoms with van der Waals surface area (Å²) in [6.45, 7) is 0. The molecular formula is C10H14N2O5S. The van der Waals surface area contributed by atoms with Crippen molar-refractivity contribution in [3.05, 3.63) is 17.7 Å². The molecule has 0 aliphatic heterocycles. The number of benzene rings is 1. The molecule has 1 rings (SSSR count). The van der Waals surface area contributed by atoms with E-state index in [1.807, 2.05) is 0 Å². The first-order valence-corrected chi connectivity index (χ1v) is 6.60. The third-order valence-electron chi connectivity index (χ3n) is 2.01. The fraction of sp³-hybridized carbons (Fsp3) is 0.300. The van der Waals surface area contributed by atoms with Gasteiger partial charge in [0.15, 0.2) is 11.5 Å². The topological polar surface area (TPSA) is 112 Å². The lowest BCUT2D eigenvalue weighted by Crippen LogP contribution is -2.13. The fourth-order valence-electron chi connectivity index (χ4n) is 1.27. The third kappa shape index (κ3) is 3.27. The van der Waals surface area contributed by atoms with Crippen LogP contribution in [0.25, 0.3) is 0 Å². The van der Waals surface area contributed by atoms with Crippen molar-refractivity contribution in [2.24, 2.45) is 5.73 Å². The molecule has 0 bridgehead atoms. The van der Waals surface area contributed by atoms with Crippen LogP contribution in [0.1, 0.15) is 5.56 Å². The van der Waals surface area contributed by atoms with Gasteiger partial charge in [-0.15, -0.1) is 0 Å². The lowest BCUT2D eigenvalue weighted by molar-refractivity contribution is 0.361. The van der Waals surface area contributed by atoms with Gasteiger partial charge in [0.25, 0.3) is 0 Å². The van der Waals surface area contributed by atoms with E-state index in [0.29, 0.717) is 5.56 Å². The maximum absolute atomic E-state index is 11.2. The molecular weight excluding hydrogens is 260 g/mol. The Labute approximate surface area is 105 Å². The van der Waals surface area contributed by atoms with Crippen molar-refractivity contribution >= 4 is 16.0 Å². The Morgan fingerprint density at radius 2 is 1.67 bits per heavy atom. The molecule has 8 heteroatoms. The second-order valence-corrected chi connectivity index (χ2v) is 4.99. The molecule has 0 aromatic heterocycles. The van der Waals surface area contributed by atoms with Crippen LogP contribution in [-0.2, 0) is 10.1 Å². The van der Waals surface area contributed by atoms with Gasteiger partial charge in [-0.3, -0.25) is 5.41 Å². The first-order chi connectivity index (χ1) is 8.28. The van der Waals surface area contributed by atoms with Gasteiger partial charge in [0, 0.05) is 5.56 Å². The van der Waals surface area contributed by atoms with Crippen molar-refractivity contribution in [3.8, 4) is 17.2 Å². The van der Waals surface area contributed by atoms with Crippen molar-refractivity contribution < 1.29 is 22.1 Å². The predicted octanol–water partition coefficient (Wildman–Crippen LogP) is 0.326. The Bertz CT molecular complexity index is 543. The molecule has 18 heavy (non-hydrogen) atoms. The minimum Gasteiger partial charge on any atom is -0.493 e. The molecule has 0 atom stereocenters. The van der Waals surface area contributed by atoms with Crippen LogP contribution in [0.15, 0.2) is 12.1 Å². The molecule has 1 aromatic carbocycles. The average molecular weight is 274 g/mol. The summed E-state index contributed by atoms with van der Waals surface area (Å²) in [5.74, 6) is -0.0417. The van der Waals surface area contributed by atoms with Crippen LogP contribution < -0.4 is 19.4 Å². The maximum atomic E-state index is 11.2. The molecule has 1 aromatic rings. The number of amidine groups is 1. The number of rotatable bonds is 5. The molecule has 0 aliphatic rings. The van der Waals surface area contributed by atoms with Crippen molar-refractivity contribution in [2.75, 3.05) is 20.5 Å². The van der Waals surface area contributed by atoms with E-state index in [2.05, 4.69) is 0 Å². The van der Waals surface area contributed by atoms with Gasteiger partial charge in [0.1, 0.15) is 5.84 Å². The van der Waals surface area contributed by atoms with E-state index in [1.165, 1.54) is 26.4 Å². The van der Waals surface area contributed by atoms with Crippen LogP contribution in [0.4, 0.5) is 0 Å². The lowest BCUT2D eigenvalue weighted by atomic mass is 10.1. The largest absolute Gasteiger partial charge is 0.493 e. The highest BCUT2D eigenvalue weighted by molar-refractivity contribution is 7.86. The fourth-order valence-corrected chi connectivity index (χ4v) is 1.74. The summed E-state index contributed by atoms with van der Waals surface area (Å²) in [6.07, 6.45) is 0.908. The second kappa shape index (κ2) is 5.13. The Balaban J connectivity index is 3.44. The number of ether oxygens (including phenoxy) is 2. The molecule has 0 amide bonds. The van der Waals surface area contributed by atoms with Crippen LogP contribution in [0.2, 0.25) is 0 Å². The van der Waals surface area contributed by atoms with E-state index in [1.54, 1.807) is 0 Å². The summed E-state index contributed by atoms with van der Waals surface area (Å²) >= 11 is 0. The molecule has 0 radical (unpaired) electrons. The zero-order valence-electron chi connectivity index (χ0n) is 10.2. The van der Waals surface area contributed by atoms with Gasteiger partial charge in [-0.25, -0.2) is 0 Å². The smallest absolute Gasteiger partial charge is 0.306 e. The number of nitrogen functional groups attached to an aromatic ring is 1. The Kier molecular flexibility index (Phi) is 4.02. The summed E-state index contributed by atoms with van der Waals surface area (Å²) in [5.41, 5.74) is 5.69. The van der Waals surface area contributed by atoms with Gasteiger partial charge in [-0.1, -0.05) is 0 Å². The average Bonchev–Trinajstić information content (AvgIpc) is 2.26. The van der Waals surface area contributed by atoms with Crippen LogP contribution in [-0.4, -0.2) is 34.7 Å². The first kappa shape index (κ1) is 14.1. The van der Waals surface area contributed by atoms with E-state index in [-0.39, 0.29) is 23.1 Å². The molecule has 0 spiro atoms. The zero-order chi connectivity index (χ0) is 13.9. The zero-order valence-corrected chi connectivity index (χ0v) is 11.0. The summed E-state index contributed by atoms with van der Waals surface area (Å²) in [5, 5.41) is 7.34. The third-order valence-corrected chi connectivity index (χ3v) is 2.48. The molecule has 0 aliphatic carbocycles. The number of nitrogens with one attached hydrogen (secondary N) is 1. The van der Waals surface area contributed by atoms with E-state index < -0.39 is 10.1 Å². The summed E-state index contributed by atoms with van der Waals surface area (Å²) < 4.78 is 37.1. The number of hydrogen-bond acceptors (Lipinski definition) is 6. The summed E-state index contributed by atoms with van der Waals surface area (Å²) in [6, 6.07) is 2.79. The van der Waals surface area contributed by atoms with Crippen molar-refractivity contribution in [2.45, 2.75) is 0 Å². The maximum Gasteiger partial charge on any atom is 0.306 e. The minimum atomic E-state index is -3.72. The number of hydrogen-bond donors (Lipinski definition) is 2. The predicted molar refractivity (Wildman–Crippen MR) is 66.0 cm³/mol. The van der Waals surface area contributed by atoms with Crippen LogP contribution in [0.5, 0.6) is 17.2 Å². The number of methoxy groups -OCH3 is 2. The van der Waals surface area contributed by atoms with E-state index in [4.69, 9.17) is 24.8 Å². The van der Waals surface area contributed by atoms with E-state index in [9.17, 15) is 8.42 Å². The van der Waals surface area contributed by atoms with Crippen LogP contribution in [0.3, 0.4) is 0 Å². The first-order valence-electron chi connectivity index (χ1n) is 4.78. The number of nitrogens with two attached hydrogens (primary N) is 1. The van der Waals surface area contributed by atoms with Crippen LogP contribution in [0, 0.1) is 5.41 Å². The monoisotopic (exact) mass is 274 g/mol. The SMILES string of the molecule is COc1cc(C(=N)N)cc(OC)c1OS(C)(=O)=O. The molecule has 7 nitrogen and oxygen atoms in total. The summed E-state index contributed by atoms with van der Waals surface area (Å²) in [4.78, 5) is 0. The van der Waals surface area contributed by atoms with Crippen molar-refractivity contribution in [3.63, 3.8) is 0 Å². The molecule has 0 fully saturated rings. The highest BCUT2D eigenvalue weighted by Gasteiger charge is 2.19. The Morgan fingerprint density at radius 3 is 1.94 bits per heavy atom. The van der Waals surface area contributed by atoms with Gasteiger partial charge in [-0.2, -0.15) is 8.42 Å². The van der Waals surface area contributed by atoms with Gasteiger partial charge in [0.05, 0.1) is 20.5 Å². The standard InChI is InChI=1S/C10H14N2O5S/c1-15-7-4-6(10(11)12)5-8(16-2)9(7)17-18(3,13)14/h4-5H,1-3H3,(H3,11,12). The van der Waals surface area contributed by atoms with Gasteiger partial charge < -0.3 is 19.4 Å². The molecule has 100 valence electrons. The molecule has 0 heterocycles. The summed E-state index contributed by atoms with van der Waals surface area (Å²) in [7, 11) is -1.04. The van der Waals surface area contributed by atoms with Gasteiger partial charge >= 0.3 is 10.1 Å². The van der Waals surface area contributed by atoms with Gasteiger partial charge in [-0.05, 0) is 12.1 Å². The Hall–Kier alpha value is -1.96. The lowest BCUT2D eigenvalue weighted by Gasteiger charge is -2.14. The highest BCUT2D eigenvalue weighted by atomic mass is 32.2. The van der Waals surface area contributed by atoms with E-state index in [0.717, 1.165) is 6.26 Å². The van der Waals surface area contributed by atoms with Gasteiger partial charge in [0.2, 0.25) is 5.75 Å². The molecule has 0 saturated heterocycles. The minimum absolute atomic E-state index is 0.0764. The molecule has 3 N–H and O–H groups in total. The van der Waals surface area contributed by atoms with Crippen LogP contribution >= 0.6 is 0 Å². The van der Waals surface area contributed by atoms with E-state index >= 15 is 0 Å². The van der Waals surface area contributed by atoms with Crippen molar-refractivity contribution in [1.82, 2.24) is 0 Å².